The van der Waals surface area contributed by atoms with Crippen LogP contribution in [-0.4, -0.2) is 38.7 Å². The van der Waals surface area contributed by atoms with Gasteiger partial charge in [-0.25, -0.2) is 9.59 Å². The summed E-state index contributed by atoms with van der Waals surface area (Å²) in [5, 5.41) is 6.67. The Hall–Kier alpha value is -3.33. The summed E-state index contributed by atoms with van der Waals surface area (Å²) in [5.41, 5.74) is 0.687. The number of benzene rings is 1. The third-order valence-electron chi connectivity index (χ3n) is 3.42. The van der Waals surface area contributed by atoms with Crippen molar-refractivity contribution in [3.8, 4) is 11.5 Å². The molecule has 9 heteroatoms. The highest BCUT2D eigenvalue weighted by atomic mass is 32.1. The van der Waals surface area contributed by atoms with Crippen LogP contribution < -0.4 is 20.1 Å². The molecule has 0 aliphatic carbocycles. The Morgan fingerprint density at radius 2 is 1.96 bits per heavy atom. The first-order valence-corrected chi connectivity index (χ1v) is 9.06. The molecule has 0 bridgehead atoms. The molecule has 0 saturated carbocycles. The number of ether oxygens (including phenoxy) is 3. The van der Waals surface area contributed by atoms with E-state index in [1.165, 1.54) is 31.6 Å². The number of esters is 1. The highest BCUT2D eigenvalue weighted by molar-refractivity contribution is 7.09. The molecule has 28 heavy (non-hydrogen) atoms. The van der Waals surface area contributed by atoms with Gasteiger partial charge < -0.3 is 19.5 Å². The topological polar surface area (TPSA) is 103 Å². The Kier molecular flexibility index (Phi) is 8.04. The molecule has 0 aliphatic heterocycles. The van der Waals surface area contributed by atoms with Crippen LogP contribution in [0.4, 0.5) is 4.79 Å². The van der Waals surface area contributed by atoms with Crippen molar-refractivity contribution < 1.29 is 28.6 Å². The summed E-state index contributed by atoms with van der Waals surface area (Å²) in [7, 11) is 2.74. The van der Waals surface area contributed by atoms with E-state index in [1.807, 2.05) is 17.5 Å². The van der Waals surface area contributed by atoms with Gasteiger partial charge in [-0.3, -0.25) is 10.1 Å². The molecule has 1 aromatic heterocycles. The summed E-state index contributed by atoms with van der Waals surface area (Å²) in [4.78, 5) is 35.7. The van der Waals surface area contributed by atoms with Crippen LogP contribution >= 0.6 is 11.3 Å². The zero-order valence-corrected chi connectivity index (χ0v) is 16.2. The first-order valence-electron chi connectivity index (χ1n) is 8.18. The second-order valence-corrected chi connectivity index (χ2v) is 6.40. The largest absolute Gasteiger partial charge is 0.493 e. The van der Waals surface area contributed by atoms with Crippen LogP contribution in [0.15, 0.2) is 41.8 Å². The van der Waals surface area contributed by atoms with E-state index in [-0.39, 0.29) is 6.61 Å². The van der Waals surface area contributed by atoms with E-state index in [9.17, 15) is 14.4 Å². The zero-order valence-electron chi connectivity index (χ0n) is 15.4. The molecule has 148 valence electrons. The Morgan fingerprint density at radius 3 is 2.64 bits per heavy atom. The fraction of sp³-hybridized carbons (Fsp3) is 0.211. The third-order valence-corrected chi connectivity index (χ3v) is 4.29. The van der Waals surface area contributed by atoms with Crippen LogP contribution in [0.2, 0.25) is 0 Å². The van der Waals surface area contributed by atoms with Crippen LogP contribution in [0.1, 0.15) is 10.4 Å². The predicted molar refractivity (Wildman–Crippen MR) is 104 cm³/mol. The second kappa shape index (κ2) is 10.7. The molecule has 0 aliphatic rings. The van der Waals surface area contributed by atoms with Crippen LogP contribution in [0.5, 0.6) is 11.5 Å². The van der Waals surface area contributed by atoms with Crippen molar-refractivity contribution in [2.24, 2.45) is 0 Å². The van der Waals surface area contributed by atoms with Crippen LogP contribution in [-0.2, 0) is 20.9 Å². The number of rotatable bonds is 8. The van der Waals surface area contributed by atoms with Gasteiger partial charge in [-0.1, -0.05) is 12.1 Å². The van der Waals surface area contributed by atoms with Gasteiger partial charge in [-0.05, 0) is 35.2 Å². The van der Waals surface area contributed by atoms with E-state index >= 15 is 0 Å². The van der Waals surface area contributed by atoms with Gasteiger partial charge >= 0.3 is 12.0 Å². The monoisotopic (exact) mass is 404 g/mol. The van der Waals surface area contributed by atoms with Crippen LogP contribution in [0, 0.1) is 0 Å². The summed E-state index contributed by atoms with van der Waals surface area (Å²) in [5.74, 6) is -0.373. The first-order chi connectivity index (χ1) is 13.5. The Labute approximate surface area is 166 Å². The Balaban J connectivity index is 1.85. The molecular formula is C19H20N2O6S. The van der Waals surface area contributed by atoms with Crippen LogP contribution in [0.3, 0.4) is 0 Å². The average molecular weight is 404 g/mol. The minimum absolute atomic E-state index is 0.326. The lowest BCUT2D eigenvalue weighted by Crippen LogP contribution is -2.41. The molecule has 0 saturated heterocycles. The van der Waals surface area contributed by atoms with Crippen molar-refractivity contribution in [3.05, 3.63) is 52.2 Å². The summed E-state index contributed by atoms with van der Waals surface area (Å²) in [6, 6.07) is 8.08. The predicted octanol–water partition coefficient (Wildman–Crippen LogP) is 2.35. The van der Waals surface area contributed by atoms with E-state index in [1.54, 1.807) is 24.3 Å². The SMILES string of the molecule is COC(=O)/C=C/c1ccc(OCC(=O)NC(=O)NCc2cccs2)c(OC)c1. The number of methoxy groups -OCH3 is 2. The summed E-state index contributed by atoms with van der Waals surface area (Å²) in [6.07, 6.45) is 2.83. The Morgan fingerprint density at radius 1 is 1.14 bits per heavy atom. The molecule has 0 unspecified atom stereocenters. The van der Waals surface area contributed by atoms with Crippen LogP contribution in [0.25, 0.3) is 6.08 Å². The quantitative estimate of drug-likeness (QED) is 0.517. The molecule has 3 amide bonds. The molecule has 0 spiro atoms. The maximum absolute atomic E-state index is 11.9. The smallest absolute Gasteiger partial charge is 0.330 e. The van der Waals surface area contributed by atoms with E-state index in [0.29, 0.717) is 23.6 Å². The fourth-order valence-electron chi connectivity index (χ4n) is 2.07. The second-order valence-electron chi connectivity index (χ2n) is 5.37. The lowest BCUT2D eigenvalue weighted by molar-refractivity contribution is -0.134. The molecule has 8 nitrogen and oxygen atoms in total. The number of hydrogen-bond acceptors (Lipinski definition) is 7. The normalized spacial score (nSPS) is 10.4. The van der Waals surface area contributed by atoms with Gasteiger partial charge in [0.05, 0.1) is 20.8 Å². The number of imide groups is 1. The van der Waals surface area contributed by atoms with E-state index in [4.69, 9.17) is 9.47 Å². The molecule has 2 N–H and O–H groups in total. The maximum Gasteiger partial charge on any atom is 0.330 e. The zero-order chi connectivity index (χ0) is 20.4. The number of amides is 3. The number of thiophene rings is 1. The summed E-state index contributed by atoms with van der Waals surface area (Å²) >= 11 is 1.51. The van der Waals surface area contributed by atoms with Crippen molar-refractivity contribution in [3.63, 3.8) is 0 Å². The number of carbonyl (C=O) groups excluding carboxylic acids is 3. The minimum atomic E-state index is -0.600. The molecular weight excluding hydrogens is 384 g/mol. The van der Waals surface area contributed by atoms with Gasteiger partial charge in [0.2, 0.25) is 0 Å². The minimum Gasteiger partial charge on any atom is -0.493 e. The molecule has 0 atom stereocenters. The van der Waals surface area contributed by atoms with Gasteiger partial charge in [0, 0.05) is 11.0 Å². The first kappa shape index (κ1) is 21.0. The van der Waals surface area contributed by atoms with Gasteiger partial charge in [0.1, 0.15) is 0 Å². The van der Waals surface area contributed by atoms with Gasteiger partial charge in [0.25, 0.3) is 5.91 Å². The number of urea groups is 1. The lowest BCUT2D eigenvalue weighted by atomic mass is 10.2. The maximum atomic E-state index is 11.9. The standard InChI is InChI=1S/C19H20N2O6S/c1-25-16-10-13(6-8-18(23)26-2)5-7-15(16)27-12-17(22)21-19(24)20-11-14-4-3-9-28-14/h3-10H,11-12H2,1-2H3,(H2,20,21,22,24)/b8-6+. The molecule has 2 rings (SSSR count). The number of hydrogen-bond donors (Lipinski definition) is 2. The van der Waals surface area contributed by atoms with E-state index < -0.39 is 17.9 Å². The lowest BCUT2D eigenvalue weighted by Gasteiger charge is -2.11. The average Bonchev–Trinajstić information content (AvgIpc) is 3.22. The van der Waals surface area contributed by atoms with Gasteiger partial charge in [-0.2, -0.15) is 0 Å². The number of carbonyl (C=O) groups is 3. The van der Waals surface area contributed by atoms with E-state index in [0.717, 1.165) is 4.88 Å². The molecule has 2 aromatic rings. The van der Waals surface area contributed by atoms with Gasteiger partial charge in [0.15, 0.2) is 18.1 Å². The summed E-state index contributed by atoms with van der Waals surface area (Å²) < 4.78 is 15.2. The highest BCUT2D eigenvalue weighted by Crippen LogP contribution is 2.28. The molecule has 0 radical (unpaired) electrons. The Bertz CT molecular complexity index is 848. The number of nitrogens with one attached hydrogen (secondary N) is 2. The third kappa shape index (κ3) is 6.76. The van der Waals surface area contributed by atoms with E-state index in [2.05, 4.69) is 15.4 Å². The van der Waals surface area contributed by atoms with Crippen molar-refractivity contribution in [1.82, 2.24) is 10.6 Å². The summed E-state index contributed by atoms with van der Waals surface area (Å²) in [6.45, 7) is -0.0217. The van der Waals surface area contributed by atoms with Crippen molar-refractivity contribution in [1.29, 1.82) is 0 Å². The van der Waals surface area contributed by atoms with Crippen molar-refractivity contribution in [2.45, 2.75) is 6.54 Å². The van der Waals surface area contributed by atoms with Crippen molar-refractivity contribution in [2.75, 3.05) is 20.8 Å². The fourth-order valence-corrected chi connectivity index (χ4v) is 2.71. The van der Waals surface area contributed by atoms with Crippen molar-refractivity contribution >= 4 is 35.3 Å². The molecule has 0 fully saturated rings. The molecule has 1 heterocycles. The molecule has 1 aromatic carbocycles. The van der Waals surface area contributed by atoms with Gasteiger partial charge in [-0.15, -0.1) is 11.3 Å². The highest BCUT2D eigenvalue weighted by Gasteiger charge is 2.11.